The summed E-state index contributed by atoms with van der Waals surface area (Å²) in [6.45, 7) is 4.65. The molecule has 4 rings (SSSR count). The van der Waals surface area contributed by atoms with Gasteiger partial charge in [0.1, 0.15) is 0 Å². The van der Waals surface area contributed by atoms with E-state index < -0.39 is 0 Å². The Morgan fingerprint density at radius 3 is 2.10 bits per heavy atom. The molecule has 2 aliphatic heterocycles. The standard InChI is InChI=1S/C24H28N2O3/c1-29-24(28)12-11-23(27)26-16-21-14-25(15-22(21)17-26)13-18-7-9-20(10-8-18)19-5-3-2-4-6-19/h2-10,21-22H,11-17H2,1H3/t21-,22-/m0/s1. The van der Waals surface area contributed by atoms with Gasteiger partial charge in [0.05, 0.1) is 13.5 Å². The molecule has 29 heavy (non-hydrogen) atoms. The molecule has 2 aromatic carbocycles. The van der Waals surface area contributed by atoms with Gasteiger partial charge in [-0.1, -0.05) is 54.6 Å². The Balaban J connectivity index is 1.27. The Kier molecular flexibility index (Phi) is 5.95. The molecule has 0 unspecified atom stereocenters. The molecule has 0 saturated carbocycles. The third-order valence-corrected chi connectivity index (χ3v) is 6.15. The van der Waals surface area contributed by atoms with Gasteiger partial charge in [0.15, 0.2) is 0 Å². The minimum atomic E-state index is -0.317. The third kappa shape index (κ3) is 4.67. The zero-order valence-electron chi connectivity index (χ0n) is 16.9. The van der Waals surface area contributed by atoms with Crippen LogP contribution in [0, 0.1) is 11.8 Å². The molecule has 0 radical (unpaired) electrons. The quantitative estimate of drug-likeness (QED) is 0.709. The number of amides is 1. The molecule has 0 N–H and O–H groups in total. The fraction of sp³-hybridized carbons (Fsp3) is 0.417. The van der Waals surface area contributed by atoms with Gasteiger partial charge >= 0.3 is 5.97 Å². The molecule has 0 spiro atoms. The highest BCUT2D eigenvalue weighted by atomic mass is 16.5. The molecular formula is C24H28N2O3. The second-order valence-corrected chi connectivity index (χ2v) is 8.15. The summed E-state index contributed by atoms with van der Waals surface area (Å²) in [5, 5.41) is 0. The number of rotatable bonds is 6. The maximum absolute atomic E-state index is 12.3. The van der Waals surface area contributed by atoms with E-state index >= 15 is 0 Å². The van der Waals surface area contributed by atoms with Crippen LogP contribution in [0.5, 0.6) is 0 Å². The van der Waals surface area contributed by atoms with Crippen LogP contribution in [0.1, 0.15) is 18.4 Å². The molecule has 0 bridgehead atoms. The number of likely N-dealkylation sites (tertiary alicyclic amines) is 2. The van der Waals surface area contributed by atoms with Crippen LogP contribution < -0.4 is 0 Å². The minimum Gasteiger partial charge on any atom is -0.469 e. The van der Waals surface area contributed by atoms with Crippen molar-refractivity contribution in [3.63, 3.8) is 0 Å². The molecule has 5 heteroatoms. The molecule has 152 valence electrons. The summed E-state index contributed by atoms with van der Waals surface area (Å²) in [6.07, 6.45) is 0.426. The smallest absolute Gasteiger partial charge is 0.306 e. The zero-order valence-corrected chi connectivity index (χ0v) is 16.9. The highest BCUT2D eigenvalue weighted by Crippen LogP contribution is 2.32. The minimum absolute atomic E-state index is 0.0767. The summed E-state index contributed by atoms with van der Waals surface area (Å²) < 4.78 is 4.62. The zero-order chi connectivity index (χ0) is 20.2. The second kappa shape index (κ2) is 8.78. The Labute approximate surface area is 172 Å². The van der Waals surface area contributed by atoms with Gasteiger partial charge in [-0.25, -0.2) is 0 Å². The second-order valence-electron chi connectivity index (χ2n) is 8.15. The fourth-order valence-electron chi connectivity index (χ4n) is 4.58. The first-order valence-electron chi connectivity index (χ1n) is 10.3. The molecule has 2 aromatic rings. The van der Waals surface area contributed by atoms with Gasteiger partial charge in [-0.2, -0.15) is 0 Å². The third-order valence-electron chi connectivity index (χ3n) is 6.15. The topological polar surface area (TPSA) is 49.9 Å². The van der Waals surface area contributed by atoms with E-state index in [9.17, 15) is 9.59 Å². The van der Waals surface area contributed by atoms with Crippen molar-refractivity contribution >= 4 is 11.9 Å². The lowest BCUT2D eigenvalue weighted by Gasteiger charge is -2.21. The molecular weight excluding hydrogens is 364 g/mol. The molecule has 2 saturated heterocycles. The number of esters is 1. The van der Waals surface area contributed by atoms with Crippen LogP contribution in [0.15, 0.2) is 54.6 Å². The van der Waals surface area contributed by atoms with Gasteiger partial charge in [0, 0.05) is 39.1 Å². The maximum atomic E-state index is 12.3. The molecule has 0 aromatic heterocycles. The highest BCUT2D eigenvalue weighted by Gasteiger charge is 2.41. The predicted molar refractivity (Wildman–Crippen MR) is 112 cm³/mol. The highest BCUT2D eigenvalue weighted by molar-refractivity contribution is 5.81. The predicted octanol–water partition coefficient (Wildman–Crippen LogP) is 3.20. The van der Waals surface area contributed by atoms with Crippen LogP contribution in [-0.4, -0.2) is 55.0 Å². The van der Waals surface area contributed by atoms with Gasteiger partial charge in [-0.15, -0.1) is 0 Å². The maximum Gasteiger partial charge on any atom is 0.306 e. The summed E-state index contributed by atoms with van der Waals surface area (Å²) in [7, 11) is 1.36. The van der Waals surface area contributed by atoms with Gasteiger partial charge in [0.25, 0.3) is 0 Å². The van der Waals surface area contributed by atoms with E-state index in [2.05, 4.69) is 58.2 Å². The van der Waals surface area contributed by atoms with E-state index in [4.69, 9.17) is 0 Å². The lowest BCUT2D eigenvalue weighted by atomic mass is 10.0. The van der Waals surface area contributed by atoms with E-state index in [0.717, 1.165) is 32.7 Å². The Morgan fingerprint density at radius 2 is 1.48 bits per heavy atom. The van der Waals surface area contributed by atoms with Crippen molar-refractivity contribution in [1.82, 2.24) is 9.80 Å². The molecule has 2 atom stereocenters. The number of carbonyl (C=O) groups is 2. The molecule has 5 nitrogen and oxygen atoms in total. The van der Waals surface area contributed by atoms with E-state index in [1.165, 1.54) is 23.8 Å². The molecule has 2 aliphatic rings. The van der Waals surface area contributed by atoms with Crippen LogP contribution in [0.2, 0.25) is 0 Å². The first kappa shape index (κ1) is 19.6. The number of fused-ring (bicyclic) bond motifs is 1. The summed E-state index contributed by atoms with van der Waals surface area (Å²) >= 11 is 0. The molecule has 2 fully saturated rings. The first-order chi connectivity index (χ1) is 14.1. The summed E-state index contributed by atoms with van der Waals surface area (Å²) in [4.78, 5) is 28.0. The van der Waals surface area contributed by atoms with E-state index in [-0.39, 0.29) is 24.7 Å². The lowest BCUT2D eigenvalue weighted by Crippen LogP contribution is -2.33. The summed E-state index contributed by atoms with van der Waals surface area (Å²) in [6, 6.07) is 19.3. The van der Waals surface area contributed by atoms with E-state index in [0.29, 0.717) is 11.8 Å². The van der Waals surface area contributed by atoms with E-state index in [1.54, 1.807) is 0 Å². The van der Waals surface area contributed by atoms with Crippen molar-refractivity contribution < 1.29 is 14.3 Å². The number of ether oxygens (including phenoxy) is 1. The van der Waals surface area contributed by atoms with Gasteiger partial charge in [0.2, 0.25) is 5.91 Å². The first-order valence-corrected chi connectivity index (χ1v) is 10.3. The van der Waals surface area contributed by atoms with Gasteiger partial charge in [-0.05, 0) is 28.5 Å². The van der Waals surface area contributed by atoms with Crippen molar-refractivity contribution in [1.29, 1.82) is 0 Å². The number of nitrogens with zero attached hydrogens (tertiary/aromatic N) is 2. The van der Waals surface area contributed by atoms with Crippen molar-refractivity contribution in [3.8, 4) is 11.1 Å². The van der Waals surface area contributed by atoms with Crippen molar-refractivity contribution in [3.05, 3.63) is 60.2 Å². The SMILES string of the molecule is COC(=O)CCC(=O)N1C[C@@H]2CN(Cc3ccc(-c4ccccc4)cc3)C[C@H]2C1. The van der Waals surface area contributed by atoms with Crippen molar-refractivity contribution in [2.24, 2.45) is 11.8 Å². The van der Waals surface area contributed by atoms with Crippen LogP contribution in [-0.2, 0) is 20.9 Å². The summed E-state index contributed by atoms with van der Waals surface area (Å²) in [5.74, 6) is 0.844. The average molecular weight is 392 g/mol. The normalized spacial score (nSPS) is 21.2. The Morgan fingerprint density at radius 1 is 0.862 bits per heavy atom. The molecule has 2 heterocycles. The number of hydrogen-bond donors (Lipinski definition) is 0. The fourth-order valence-corrected chi connectivity index (χ4v) is 4.58. The number of carbonyl (C=O) groups excluding carboxylic acids is 2. The largest absolute Gasteiger partial charge is 0.469 e. The van der Waals surface area contributed by atoms with Gasteiger partial charge < -0.3 is 9.64 Å². The molecule has 0 aliphatic carbocycles. The van der Waals surface area contributed by atoms with Crippen LogP contribution >= 0.6 is 0 Å². The Hall–Kier alpha value is -2.66. The summed E-state index contributed by atoms with van der Waals surface area (Å²) in [5.41, 5.74) is 3.82. The monoisotopic (exact) mass is 392 g/mol. The molecule has 1 amide bonds. The average Bonchev–Trinajstić information content (AvgIpc) is 3.31. The Bertz CT molecular complexity index is 836. The number of benzene rings is 2. The van der Waals surface area contributed by atoms with Crippen LogP contribution in [0.25, 0.3) is 11.1 Å². The van der Waals surface area contributed by atoms with E-state index in [1.807, 2.05) is 11.0 Å². The number of methoxy groups -OCH3 is 1. The van der Waals surface area contributed by atoms with Crippen LogP contribution in [0.4, 0.5) is 0 Å². The van der Waals surface area contributed by atoms with Gasteiger partial charge in [-0.3, -0.25) is 14.5 Å². The van der Waals surface area contributed by atoms with Crippen molar-refractivity contribution in [2.45, 2.75) is 19.4 Å². The lowest BCUT2D eigenvalue weighted by molar-refractivity contribution is -0.143. The number of hydrogen-bond acceptors (Lipinski definition) is 4. The van der Waals surface area contributed by atoms with Crippen LogP contribution in [0.3, 0.4) is 0 Å². The van der Waals surface area contributed by atoms with Crippen molar-refractivity contribution in [2.75, 3.05) is 33.3 Å².